The maximum atomic E-state index is 6.20. The largest absolute Gasteiger partial charge is 0.444 e. The quantitative estimate of drug-likeness (QED) is 0.848. The Kier molecular flexibility index (Phi) is 5.03. The number of piperazine rings is 1. The van der Waals surface area contributed by atoms with Crippen LogP contribution < -0.4 is 0 Å². The van der Waals surface area contributed by atoms with Crippen LogP contribution in [0.15, 0.2) is 28.9 Å². The molecule has 1 aromatic carbocycles. The second-order valence-electron chi connectivity index (χ2n) is 5.48. The van der Waals surface area contributed by atoms with Crippen LogP contribution in [0.3, 0.4) is 0 Å². The predicted molar refractivity (Wildman–Crippen MR) is 89.4 cm³/mol. The van der Waals surface area contributed by atoms with E-state index >= 15 is 0 Å². The summed E-state index contributed by atoms with van der Waals surface area (Å²) in [5, 5.41) is 1.16. The lowest BCUT2D eigenvalue weighted by Gasteiger charge is -2.33. The van der Waals surface area contributed by atoms with Gasteiger partial charge in [0, 0.05) is 37.7 Å². The number of nitrogens with zero attached hydrogens (tertiary/aromatic N) is 3. The fraction of sp³-hybridized carbons (Fsp3) is 0.438. The number of oxazole rings is 1. The van der Waals surface area contributed by atoms with Gasteiger partial charge in [-0.3, -0.25) is 4.90 Å². The van der Waals surface area contributed by atoms with Crippen LogP contribution in [0, 0.1) is 0 Å². The molecule has 2 heterocycles. The summed E-state index contributed by atoms with van der Waals surface area (Å²) in [6.45, 7) is 8.50. The third kappa shape index (κ3) is 3.63. The van der Waals surface area contributed by atoms with E-state index < -0.39 is 0 Å². The molecule has 0 radical (unpaired) electrons. The van der Waals surface area contributed by atoms with E-state index in [9.17, 15) is 0 Å². The Morgan fingerprint density at radius 3 is 2.55 bits per heavy atom. The number of rotatable bonds is 4. The van der Waals surface area contributed by atoms with Crippen molar-refractivity contribution in [2.24, 2.45) is 0 Å². The lowest BCUT2D eigenvalue weighted by molar-refractivity contribution is 0.131. The average Bonchev–Trinajstić information content (AvgIpc) is 2.96. The summed E-state index contributed by atoms with van der Waals surface area (Å²) in [5.41, 5.74) is 1.71. The van der Waals surface area contributed by atoms with Gasteiger partial charge in [0.2, 0.25) is 5.89 Å². The van der Waals surface area contributed by atoms with E-state index in [0.717, 1.165) is 50.5 Å². The Morgan fingerprint density at radius 2 is 1.86 bits per heavy atom. The second-order valence-corrected chi connectivity index (χ2v) is 6.32. The standard InChI is InChI=1S/C16H19Cl2N3O/c1-2-20-5-7-21(8-6-20)10-13-11-22-16(19-13)14-4-3-12(17)9-15(14)18/h3-4,9,11H,2,5-8,10H2,1H3. The minimum absolute atomic E-state index is 0.545. The zero-order chi connectivity index (χ0) is 15.5. The Bertz CT molecular complexity index is 636. The lowest BCUT2D eigenvalue weighted by Crippen LogP contribution is -2.45. The van der Waals surface area contributed by atoms with Gasteiger partial charge in [-0.15, -0.1) is 0 Å². The van der Waals surface area contributed by atoms with E-state index in [2.05, 4.69) is 21.7 Å². The molecule has 118 valence electrons. The molecule has 1 aromatic heterocycles. The summed E-state index contributed by atoms with van der Waals surface area (Å²) in [7, 11) is 0. The van der Waals surface area contributed by atoms with Crippen molar-refractivity contribution >= 4 is 23.2 Å². The molecule has 2 aromatic rings. The highest BCUT2D eigenvalue weighted by atomic mass is 35.5. The van der Waals surface area contributed by atoms with Crippen molar-refractivity contribution in [1.29, 1.82) is 0 Å². The van der Waals surface area contributed by atoms with E-state index in [0.29, 0.717) is 15.9 Å². The fourth-order valence-electron chi connectivity index (χ4n) is 2.66. The van der Waals surface area contributed by atoms with Crippen molar-refractivity contribution in [2.75, 3.05) is 32.7 Å². The summed E-state index contributed by atoms with van der Waals surface area (Å²) in [6, 6.07) is 5.32. The van der Waals surface area contributed by atoms with Crippen LogP contribution in [-0.2, 0) is 6.54 Å². The highest BCUT2D eigenvalue weighted by Gasteiger charge is 2.18. The summed E-state index contributed by atoms with van der Waals surface area (Å²) >= 11 is 12.1. The van der Waals surface area contributed by atoms with E-state index in [1.807, 2.05) is 6.07 Å². The zero-order valence-corrected chi connectivity index (χ0v) is 14.1. The first kappa shape index (κ1) is 15.8. The van der Waals surface area contributed by atoms with Gasteiger partial charge in [-0.1, -0.05) is 30.1 Å². The van der Waals surface area contributed by atoms with E-state index in [4.69, 9.17) is 27.6 Å². The van der Waals surface area contributed by atoms with Crippen molar-refractivity contribution in [2.45, 2.75) is 13.5 Å². The van der Waals surface area contributed by atoms with Crippen molar-refractivity contribution in [1.82, 2.24) is 14.8 Å². The topological polar surface area (TPSA) is 32.5 Å². The smallest absolute Gasteiger partial charge is 0.227 e. The van der Waals surface area contributed by atoms with E-state index in [-0.39, 0.29) is 0 Å². The van der Waals surface area contributed by atoms with Gasteiger partial charge in [0.15, 0.2) is 0 Å². The van der Waals surface area contributed by atoms with Gasteiger partial charge >= 0.3 is 0 Å². The van der Waals surface area contributed by atoms with Gasteiger partial charge < -0.3 is 9.32 Å². The SMILES string of the molecule is CCN1CCN(Cc2coc(-c3ccc(Cl)cc3Cl)n2)CC1. The van der Waals surface area contributed by atoms with Gasteiger partial charge in [0.1, 0.15) is 6.26 Å². The molecule has 0 spiro atoms. The van der Waals surface area contributed by atoms with Crippen molar-refractivity contribution in [3.05, 3.63) is 40.2 Å². The Labute approximate surface area is 140 Å². The monoisotopic (exact) mass is 339 g/mol. The molecule has 22 heavy (non-hydrogen) atoms. The molecule has 0 bridgehead atoms. The number of aromatic nitrogens is 1. The Morgan fingerprint density at radius 1 is 1.14 bits per heavy atom. The molecular formula is C16H19Cl2N3O. The molecule has 1 aliphatic heterocycles. The van der Waals surface area contributed by atoms with Gasteiger partial charge in [-0.25, -0.2) is 4.98 Å². The predicted octanol–water partition coefficient (Wildman–Crippen LogP) is 3.79. The molecule has 1 saturated heterocycles. The van der Waals surface area contributed by atoms with Crippen molar-refractivity contribution in [3.63, 3.8) is 0 Å². The number of halogens is 2. The Hall–Kier alpha value is -1.07. The van der Waals surface area contributed by atoms with Gasteiger partial charge in [0.05, 0.1) is 16.3 Å². The maximum absolute atomic E-state index is 6.20. The molecule has 0 amide bonds. The van der Waals surface area contributed by atoms with Crippen LogP contribution in [0.25, 0.3) is 11.5 Å². The maximum Gasteiger partial charge on any atom is 0.227 e. The second kappa shape index (κ2) is 7.01. The minimum Gasteiger partial charge on any atom is -0.444 e. The number of likely N-dealkylation sites (N-methyl/N-ethyl adjacent to an activating group) is 1. The lowest BCUT2D eigenvalue weighted by atomic mass is 10.2. The summed E-state index contributed by atoms with van der Waals surface area (Å²) in [5.74, 6) is 0.545. The van der Waals surface area contributed by atoms with Gasteiger partial charge in [-0.05, 0) is 24.7 Å². The van der Waals surface area contributed by atoms with Crippen LogP contribution in [0.2, 0.25) is 10.0 Å². The van der Waals surface area contributed by atoms with Crippen LogP contribution in [0.1, 0.15) is 12.6 Å². The normalized spacial score (nSPS) is 17.0. The molecule has 3 rings (SSSR count). The summed E-state index contributed by atoms with van der Waals surface area (Å²) < 4.78 is 5.58. The van der Waals surface area contributed by atoms with Gasteiger partial charge in [-0.2, -0.15) is 0 Å². The molecule has 1 aliphatic rings. The highest BCUT2D eigenvalue weighted by Crippen LogP contribution is 2.29. The first-order valence-corrected chi connectivity index (χ1v) is 8.26. The first-order chi connectivity index (χ1) is 10.7. The van der Waals surface area contributed by atoms with Gasteiger partial charge in [0.25, 0.3) is 0 Å². The highest BCUT2D eigenvalue weighted by molar-refractivity contribution is 6.36. The fourth-order valence-corrected chi connectivity index (χ4v) is 3.15. The van der Waals surface area contributed by atoms with Crippen molar-refractivity contribution in [3.8, 4) is 11.5 Å². The van der Waals surface area contributed by atoms with E-state index in [1.165, 1.54) is 0 Å². The third-order valence-electron chi connectivity index (χ3n) is 4.01. The molecule has 0 unspecified atom stereocenters. The minimum atomic E-state index is 0.545. The third-order valence-corrected chi connectivity index (χ3v) is 4.56. The molecule has 4 nitrogen and oxygen atoms in total. The number of benzene rings is 1. The number of hydrogen-bond acceptors (Lipinski definition) is 4. The van der Waals surface area contributed by atoms with Crippen LogP contribution >= 0.6 is 23.2 Å². The molecule has 0 saturated carbocycles. The van der Waals surface area contributed by atoms with Crippen LogP contribution in [-0.4, -0.2) is 47.5 Å². The van der Waals surface area contributed by atoms with Crippen molar-refractivity contribution < 1.29 is 4.42 Å². The molecule has 1 fully saturated rings. The van der Waals surface area contributed by atoms with Crippen LogP contribution in [0.5, 0.6) is 0 Å². The van der Waals surface area contributed by atoms with Crippen LogP contribution in [0.4, 0.5) is 0 Å². The summed E-state index contributed by atoms with van der Waals surface area (Å²) in [4.78, 5) is 9.41. The average molecular weight is 340 g/mol. The first-order valence-electron chi connectivity index (χ1n) is 7.50. The summed E-state index contributed by atoms with van der Waals surface area (Å²) in [6.07, 6.45) is 1.71. The van der Waals surface area contributed by atoms with E-state index in [1.54, 1.807) is 18.4 Å². The molecule has 0 N–H and O–H groups in total. The molecule has 0 atom stereocenters. The number of hydrogen-bond donors (Lipinski definition) is 0. The Balaban J connectivity index is 1.66. The zero-order valence-electron chi connectivity index (χ0n) is 12.6. The molecule has 6 heteroatoms. The molecule has 0 aliphatic carbocycles. The molecular weight excluding hydrogens is 321 g/mol.